The average molecular weight is 205 g/mol. The van der Waals surface area contributed by atoms with Crippen LogP contribution in [0, 0.1) is 6.92 Å². The smallest absolute Gasteiger partial charge is 0.0631 e. The van der Waals surface area contributed by atoms with Crippen molar-refractivity contribution in [1.82, 2.24) is 5.32 Å². The number of nitrogens with one attached hydrogen (secondary N) is 2. The summed E-state index contributed by atoms with van der Waals surface area (Å²) in [4.78, 5) is 0. The van der Waals surface area contributed by atoms with Crippen LogP contribution in [0.25, 0.3) is 0 Å². The number of hydrogen-bond donors (Lipinski definition) is 3. The van der Waals surface area contributed by atoms with Crippen LogP contribution in [0.5, 0.6) is 0 Å². The van der Waals surface area contributed by atoms with Crippen molar-refractivity contribution in [2.24, 2.45) is 5.73 Å². The van der Waals surface area contributed by atoms with E-state index in [0.29, 0.717) is 6.54 Å². The van der Waals surface area contributed by atoms with Gasteiger partial charge in [-0.25, -0.2) is 0 Å². The Balaban J connectivity index is 2.09. The van der Waals surface area contributed by atoms with E-state index in [9.17, 15) is 0 Å². The van der Waals surface area contributed by atoms with E-state index in [1.54, 1.807) is 0 Å². The third kappa shape index (κ3) is 2.30. The van der Waals surface area contributed by atoms with Crippen molar-refractivity contribution >= 4 is 5.69 Å². The molecule has 15 heavy (non-hydrogen) atoms. The first-order valence-electron chi connectivity index (χ1n) is 5.50. The standard InChI is InChI=1S/C12H19N3/c1-10-2-4-11(5-3-10)15-12(8-13)6-7-14-9-12/h2-5,14-15H,6-9,13H2,1H3. The molecule has 0 bridgehead atoms. The van der Waals surface area contributed by atoms with Gasteiger partial charge in [0.2, 0.25) is 0 Å². The highest BCUT2D eigenvalue weighted by molar-refractivity contribution is 5.47. The Kier molecular flexibility index (Phi) is 2.93. The van der Waals surface area contributed by atoms with E-state index in [0.717, 1.165) is 25.2 Å². The van der Waals surface area contributed by atoms with Crippen LogP contribution >= 0.6 is 0 Å². The van der Waals surface area contributed by atoms with Gasteiger partial charge in [0.25, 0.3) is 0 Å². The van der Waals surface area contributed by atoms with Gasteiger partial charge in [0.05, 0.1) is 5.54 Å². The quantitative estimate of drug-likeness (QED) is 0.692. The van der Waals surface area contributed by atoms with Crippen molar-refractivity contribution in [2.45, 2.75) is 18.9 Å². The normalized spacial score (nSPS) is 25.5. The minimum Gasteiger partial charge on any atom is -0.377 e. The summed E-state index contributed by atoms with van der Waals surface area (Å²) in [6.45, 7) is 4.78. The lowest BCUT2D eigenvalue weighted by molar-refractivity contribution is 0.523. The lowest BCUT2D eigenvalue weighted by Gasteiger charge is -2.29. The van der Waals surface area contributed by atoms with Gasteiger partial charge >= 0.3 is 0 Å². The van der Waals surface area contributed by atoms with Crippen molar-refractivity contribution in [1.29, 1.82) is 0 Å². The summed E-state index contributed by atoms with van der Waals surface area (Å²) >= 11 is 0. The van der Waals surface area contributed by atoms with Crippen molar-refractivity contribution < 1.29 is 0 Å². The first kappa shape index (κ1) is 10.5. The third-order valence-corrected chi connectivity index (χ3v) is 3.10. The van der Waals surface area contributed by atoms with Gasteiger partial charge in [-0.15, -0.1) is 0 Å². The Morgan fingerprint density at radius 3 is 2.67 bits per heavy atom. The fourth-order valence-electron chi connectivity index (χ4n) is 2.02. The number of hydrogen-bond acceptors (Lipinski definition) is 3. The summed E-state index contributed by atoms with van der Waals surface area (Å²) in [5.41, 5.74) is 8.34. The summed E-state index contributed by atoms with van der Waals surface area (Å²) in [5, 5.41) is 6.90. The van der Waals surface area contributed by atoms with Crippen LogP contribution in [-0.4, -0.2) is 25.2 Å². The van der Waals surface area contributed by atoms with Gasteiger partial charge in [-0.05, 0) is 32.0 Å². The minimum absolute atomic E-state index is 0.0509. The van der Waals surface area contributed by atoms with E-state index in [1.807, 2.05) is 0 Å². The largest absolute Gasteiger partial charge is 0.377 e. The van der Waals surface area contributed by atoms with Crippen molar-refractivity contribution in [2.75, 3.05) is 25.0 Å². The second-order valence-corrected chi connectivity index (χ2v) is 4.40. The van der Waals surface area contributed by atoms with Crippen molar-refractivity contribution in [3.8, 4) is 0 Å². The molecule has 1 aliphatic rings. The maximum atomic E-state index is 5.84. The highest BCUT2D eigenvalue weighted by Crippen LogP contribution is 2.20. The van der Waals surface area contributed by atoms with E-state index < -0.39 is 0 Å². The first-order valence-corrected chi connectivity index (χ1v) is 5.50. The molecule has 3 nitrogen and oxygen atoms in total. The average Bonchev–Trinajstić information content (AvgIpc) is 2.71. The van der Waals surface area contributed by atoms with Crippen LogP contribution in [0.1, 0.15) is 12.0 Å². The predicted molar refractivity (Wildman–Crippen MR) is 64.1 cm³/mol. The Morgan fingerprint density at radius 2 is 2.13 bits per heavy atom. The fraction of sp³-hybridized carbons (Fsp3) is 0.500. The van der Waals surface area contributed by atoms with Crippen LogP contribution in [0.4, 0.5) is 5.69 Å². The molecule has 0 saturated carbocycles. The molecule has 4 N–H and O–H groups in total. The highest BCUT2D eigenvalue weighted by atomic mass is 15.1. The summed E-state index contributed by atoms with van der Waals surface area (Å²) < 4.78 is 0. The zero-order valence-corrected chi connectivity index (χ0v) is 9.22. The van der Waals surface area contributed by atoms with Crippen LogP contribution in [0.3, 0.4) is 0 Å². The number of aryl methyl sites for hydroxylation is 1. The highest BCUT2D eigenvalue weighted by Gasteiger charge is 2.31. The predicted octanol–water partition coefficient (Wildman–Crippen LogP) is 1.10. The summed E-state index contributed by atoms with van der Waals surface area (Å²) in [5.74, 6) is 0. The Labute approximate surface area is 91.1 Å². The Bertz CT molecular complexity index is 312. The van der Waals surface area contributed by atoms with Gasteiger partial charge in [0, 0.05) is 18.8 Å². The van der Waals surface area contributed by atoms with Gasteiger partial charge in [-0.1, -0.05) is 17.7 Å². The molecule has 0 spiro atoms. The van der Waals surface area contributed by atoms with Crippen LogP contribution in [-0.2, 0) is 0 Å². The molecule has 0 radical (unpaired) electrons. The summed E-state index contributed by atoms with van der Waals surface area (Å²) in [7, 11) is 0. The second-order valence-electron chi connectivity index (χ2n) is 4.40. The number of rotatable bonds is 3. The zero-order chi connectivity index (χ0) is 10.7. The lowest BCUT2D eigenvalue weighted by atomic mass is 9.98. The molecule has 1 aliphatic heterocycles. The summed E-state index contributed by atoms with van der Waals surface area (Å²) in [6.07, 6.45) is 1.09. The second kappa shape index (κ2) is 4.21. The van der Waals surface area contributed by atoms with Crippen LogP contribution in [0.15, 0.2) is 24.3 Å². The van der Waals surface area contributed by atoms with E-state index in [1.165, 1.54) is 5.56 Å². The molecule has 2 rings (SSSR count). The van der Waals surface area contributed by atoms with E-state index in [2.05, 4.69) is 41.8 Å². The van der Waals surface area contributed by atoms with Crippen LogP contribution < -0.4 is 16.4 Å². The number of nitrogens with two attached hydrogens (primary N) is 1. The van der Waals surface area contributed by atoms with Gasteiger partial charge in [-0.3, -0.25) is 0 Å². The monoisotopic (exact) mass is 205 g/mol. The van der Waals surface area contributed by atoms with Gasteiger partial charge in [0.1, 0.15) is 0 Å². The molecule has 1 atom stereocenters. The maximum absolute atomic E-state index is 5.84. The molecule has 1 unspecified atom stereocenters. The van der Waals surface area contributed by atoms with E-state index in [-0.39, 0.29) is 5.54 Å². The molecule has 0 amide bonds. The topological polar surface area (TPSA) is 50.1 Å². The molecule has 0 aliphatic carbocycles. The molecule has 1 aromatic carbocycles. The number of anilines is 1. The molecule has 1 fully saturated rings. The van der Waals surface area contributed by atoms with Crippen LogP contribution in [0.2, 0.25) is 0 Å². The molecule has 0 aromatic heterocycles. The fourth-order valence-corrected chi connectivity index (χ4v) is 2.02. The molecule has 1 saturated heterocycles. The SMILES string of the molecule is Cc1ccc(NC2(CN)CCNC2)cc1. The molecule has 1 aromatic rings. The van der Waals surface area contributed by atoms with Gasteiger partial charge < -0.3 is 16.4 Å². The zero-order valence-electron chi connectivity index (χ0n) is 9.22. The minimum atomic E-state index is 0.0509. The molecule has 82 valence electrons. The third-order valence-electron chi connectivity index (χ3n) is 3.10. The van der Waals surface area contributed by atoms with E-state index >= 15 is 0 Å². The molecular formula is C12H19N3. The molecule has 1 heterocycles. The number of benzene rings is 1. The first-order chi connectivity index (χ1) is 7.24. The van der Waals surface area contributed by atoms with Gasteiger partial charge in [0.15, 0.2) is 0 Å². The summed E-state index contributed by atoms with van der Waals surface area (Å²) in [6, 6.07) is 8.47. The Morgan fingerprint density at radius 1 is 1.40 bits per heavy atom. The molecule has 3 heteroatoms. The maximum Gasteiger partial charge on any atom is 0.0631 e. The van der Waals surface area contributed by atoms with E-state index in [4.69, 9.17) is 5.73 Å². The molecular weight excluding hydrogens is 186 g/mol. The Hall–Kier alpha value is -1.06. The van der Waals surface area contributed by atoms with Crippen molar-refractivity contribution in [3.63, 3.8) is 0 Å². The van der Waals surface area contributed by atoms with Gasteiger partial charge in [-0.2, -0.15) is 0 Å². The lowest BCUT2D eigenvalue weighted by Crippen LogP contribution is -2.47. The van der Waals surface area contributed by atoms with Crippen molar-refractivity contribution in [3.05, 3.63) is 29.8 Å².